The average Bonchev–Trinajstić information content (AvgIpc) is 2.07. The monoisotopic (exact) mass is 192 g/mol. The minimum Gasteiger partial charge on any atom is -0.324 e. The third-order valence-electron chi connectivity index (χ3n) is 2.69. The number of nitrogens with two attached hydrogens (primary N) is 2. The van der Waals surface area contributed by atoms with Gasteiger partial charge in [-0.15, -0.1) is 0 Å². The largest absolute Gasteiger partial charge is 0.324 e. The molecular formula is C12H20N2. The van der Waals surface area contributed by atoms with Crippen molar-refractivity contribution in [1.29, 1.82) is 0 Å². The summed E-state index contributed by atoms with van der Waals surface area (Å²) in [7, 11) is 0. The molecule has 0 bridgehead atoms. The molecule has 0 saturated carbocycles. The summed E-state index contributed by atoms with van der Waals surface area (Å²) < 4.78 is 0. The van der Waals surface area contributed by atoms with Gasteiger partial charge in [0, 0.05) is 11.6 Å². The van der Waals surface area contributed by atoms with Gasteiger partial charge in [0.1, 0.15) is 0 Å². The van der Waals surface area contributed by atoms with Crippen LogP contribution in [0.3, 0.4) is 0 Å². The van der Waals surface area contributed by atoms with E-state index >= 15 is 0 Å². The number of hydrogen-bond acceptors (Lipinski definition) is 2. The summed E-state index contributed by atoms with van der Waals surface area (Å²) in [5, 5.41) is 0. The zero-order valence-corrected chi connectivity index (χ0v) is 9.46. The first-order valence-electron chi connectivity index (χ1n) is 4.94. The molecule has 1 aromatic rings. The fourth-order valence-electron chi connectivity index (χ4n) is 1.39. The van der Waals surface area contributed by atoms with Crippen LogP contribution in [0.5, 0.6) is 0 Å². The second-order valence-electron chi connectivity index (χ2n) is 4.64. The molecule has 0 aliphatic heterocycles. The molecule has 0 radical (unpaired) electrons. The Balaban J connectivity index is 3.03. The Morgan fingerprint density at radius 2 is 1.71 bits per heavy atom. The van der Waals surface area contributed by atoms with E-state index in [9.17, 15) is 0 Å². The molecular weight excluding hydrogens is 172 g/mol. The molecule has 14 heavy (non-hydrogen) atoms. The summed E-state index contributed by atoms with van der Waals surface area (Å²) in [5.74, 6) is 0. The second kappa shape index (κ2) is 3.71. The minimum absolute atomic E-state index is 0.109. The Kier molecular flexibility index (Phi) is 2.98. The van der Waals surface area contributed by atoms with Gasteiger partial charge in [0.25, 0.3) is 0 Å². The van der Waals surface area contributed by atoms with E-state index in [0.717, 1.165) is 5.56 Å². The highest BCUT2D eigenvalue weighted by atomic mass is 14.8. The number of benzene rings is 1. The normalized spacial score (nSPS) is 14.1. The molecule has 2 heteroatoms. The molecule has 0 amide bonds. The van der Waals surface area contributed by atoms with Gasteiger partial charge in [-0.1, -0.05) is 18.2 Å². The first kappa shape index (κ1) is 11.2. The summed E-state index contributed by atoms with van der Waals surface area (Å²) in [6.07, 6.45) is 0. The van der Waals surface area contributed by atoms with Crippen LogP contribution >= 0.6 is 0 Å². The van der Waals surface area contributed by atoms with Crippen LogP contribution in [0.2, 0.25) is 0 Å². The fraction of sp³-hybridized carbons (Fsp3) is 0.500. The summed E-state index contributed by atoms with van der Waals surface area (Å²) in [6, 6.07) is 6.16. The van der Waals surface area contributed by atoms with Crippen molar-refractivity contribution in [2.75, 3.05) is 0 Å². The van der Waals surface area contributed by atoms with Gasteiger partial charge in [0.2, 0.25) is 0 Å². The standard InChI is InChI=1S/C12H20N2/c1-8-5-6-10(7-9(8)2)11(13)12(3,4)14/h5-7,11H,13-14H2,1-4H3. The highest BCUT2D eigenvalue weighted by Crippen LogP contribution is 2.22. The fourth-order valence-corrected chi connectivity index (χ4v) is 1.39. The molecule has 0 saturated heterocycles. The highest BCUT2D eigenvalue weighted by Gasteiger charge is 2.22. The van der Waals surface area contributed by atoms with Crippen molar-refractivity contribution in [2.24, 2.45) is 11.5 Å². The molecule has 2 nitrogen and oxygen atoms in total. The maximum absolute atomic E-state index is 6.07. The van der Waals surface area contributed by atoms with Crippen LogP contribution in [0, 0.1) is 13.8 Å². The van der Waals surface area contributed by atoms with Crippen molar-refractivity contribution in [3.8, 4) is 0 Å². The van der Waals surface area contributed by atoms with Gasteiger partial charge in [0.15, 0.2) is 0 Å². The highest BCUT2D eigenvalue weighted by molar-refractivity contribution is 5.32. The lowest BCUT2D eigenvalue weighted by atomic mass is 9.89. The molecule has 0 heterocycles. The number of aryl methyl sites for hydroxylation is 2. The van der Waals surface area contributed by atoms with Crippen molar-refractivity contribution in [3.05, 3.63) is 34.9 Å². The smallest absolute Gasteiger partial charge is 0.0472 e. The van der Waals surface area contributed by atoms with E-state index in [4.69, 9.17) is 11.5 Å². The predicted molar refractivity (Wildman–Crippen MR) is 61.1 cm³/mol. The van der Waals surface area contributed by atoms with Gasteiger partial charge >= 0.3 is 0 Å². The van der Waals surface area contributed by atoms with Gasteiger partial charge < -0.3 is 11.5 Å². The van der Waals surface area contributed by atoms with Crippen molar-refractivity contribution in [2.45, 2.75) is 39.3 Å². The molecule has 4 N–H and O–H groups in total. The Labute approximate surface area is 86.3 Å². The molecule has 1 aromatic carbocycles. The van der Waals surface area contributed by atoms with Crippen molar-refractivity contribution in [1.82, 2.24) is 0 Å². The Morgan fingerprint density at radius 1 is 1.14 bits per heavy atom. The van der Waals surface area contributed by atoms with E-state index in [1.807, 2.05) is 13.8 Å². The second-order valence-corrected chi connectivity index (χ2v) is 4.64. The topological polar surface area (TPSA) is 52.0 Å². The molecule has 1 rings (SSSR count). The average molecular weight is 192 g/mol. The number of hydrogen-bond donors (Lipinski definition) is 2. The lowest BCUT2D eigenvalue weighted by molar-refractivity contribution is 0.420. The van der Waals surface area contributed by atoms with Gasteiger partial charge in [-0.3, -0.25) is 0 Å². The van der Waals surface area contributed by atoms with E-state index in [-0.39, 0.29) is 11.6 Å². The quantitative estimate of drug-likeness (QED) is 0.753. The predicted octanol–water partition coefficient (Wildman–Crippen LogP) is 2.04. The third kappa shape index (κ3) is 2.34. The van der Waals surface area contributed by atoms with Crippen LogP contribution in [0.1, 0.15) is 36.6 Å². The maximum atomic E-state index is 6.07. The summed E-state index contributed by atoms with van der Waals surface area (Å²) in [5.41, 5.74) is 15.3. The molecule has 0 fully saturated rings. The first-order valence-corrected chi connectivity index (χ1v) is 4.94. The lowest BCUT2D eigenvalue weighted by Crippen LogP contribution is -2.43. The van der Waals surface area contributed by atoms with Crippen LogP contribution in [0.15, 0.2) is 18.2 Å². The molecule has 0 spiro atoms. The third-order valence-corrected chi connectivity index (χ3v) is 2.69. The van der Waals surface area contributed by atoms with Gasteiger partial charge in [-0.25, -0.2) is 0 Å². The van der Waals surface area contributed by atoms with E-state index in [1.54, 1.807) is 0 Å². The molecule has 78 valence electrons. The van der Waals surface area contributed by atoms with E-state index in [1.165, 1.54) is 11.1 Å². The summed E-state index contributed by atoms with van der Waals surface area (Å²) in [4.78, 5) is 0. The SMILES string of the molecule is Cc1ccc(C(N)C(C)(C)N)cc1C. The maximum Gasteiger partial charge on any atom is 0.0472 e. The van der Waals surface area contributed by atoms with Crippen LogP contribution < -0.4 is 11.5 Å². The van der Waals surface area contributed by atoms with Gasteiger partial charge in [-0.05, 0) is 44.4 Å². The summed E-state index contributed by atoms with van der Waals surface area (Å²) in [6.45, 7) is 8.09. The van der Waals surface area contributed by atoms with Gasteiger partial charge in [-0.2, -0.15) is 0 Å². The van der Waals surface area contributed by atoms with Crippen LogP contribution in [0.4, 0.5) is 0 Å². The zero-order valence-electron chi connectivity index (χ0n) is 9.46. The Hall–Kier alpha value is -0.860. The number of rotatable bonds is 2. The van der Waals surface area contributed by atoms with Crippen LogP contribution in [0.25, 0.3) is 0 Å². The van der Waals surface area contributed by atoms with Crippen LogP contribution in [-0.4, -0.2) is 5.54 Å². The molecule has 1 unspecified atom stereocenters. The van der Waals surface area contributed by atoms with E-state index in [0.29, 0.717) is 0 Å². The zero-order chi connectivity index (χ0) is 10.9. The van der Waals surface area contributed by atoms with E-state index in [2.05, 4.69) is 32.0 Å². The Bertz CT molecular complexity index is 324. The van der Waals surface area contributed by atoms with Crippen molar-refractivity contribution < 1.29 is 0 Å². The molecule has 1 atom stereocenters. The molecule has 0 aliphatic rings. The first-order chi connectivity index (χ1) is 6.32. The van der Waals surface area contributed by atoms with Crippen LogP contribution in [-0.2, 0) is 0 Å². The lowest BCUT2D eigenvalue weighted by Gasteiger charge is -2.27. The Morgan fingerprint density at radius 3 is 2.14 bits per heavy atom. The van der Waals surface area contributed by atoms with Gasteiger partial charge in [0.05, 0.1) is 0 Å². The minimum atomic E-state index is -0.373. The van der Waals surface area contributed by atoms with E-state index < -0.39 is 0 Å². The van der Waals surface area contributed by atoms with Crippen molar-refractivity contribution >= 4 is 0 Å². The molecule has 0 aliphatic carbocycles. The summed E-state index contributed by atoms with van der Waals surface area (Å²) >= 11 is 0. The molecule has 0 aromatic heterocycles. The van der Waals surface area contributed by atoms with Crippen molar-refractivity contribution in [3.63, 3.8) is 0 Å².